The predicted molar refractivity (Wildman–Crippen MR) is 90.0 cm³/mol. The van der Waals surface area contributed by atoms with Crippen molar-refractivity contribution in [2.75, 3.05) is 26.2 Å². The van der Waals surface area contributed by atoms with E-state index in [1.54, 1.807) is 0 Å². The fourth-order valence-corrected chi connectivity index (χ4v) is 2.73. The molecule has 0 aliphatic carbocycles. The summed E-state index contributed by atoms with van der Waals surface area (Å²) in [7, 11) is 0. The summed E-state index contributed by atoms with van der Waals surface area (Å²) < 4.78 is 1.33. The van der Waals surface area contributed by atoms with Gasteiger partial charge >= 0.3 is 6.16 Å². The summed E-state index contributed by atoms with van der Waals surface area (Å²) in [6.07, 6.45) is 9.68. The lowest BCUT2D eigenvalue weighted by atomic mass is 10.1. The van der Waals surface area contributed by atoms with Gasteiger partial charge in [0.25, 0.3) is 0 Å². The molecular weight excluding hydrogens is 266 g/mol. The lowest BCUT2D eigenvalue weighted by Crippen LogP contribution is -2.48. The molecule has 2 N–H and O–H groups in total. The Hall–Kier alpha value is -0.770. The minimum Gasteiger partial charge on any atom is -0.450 e. The highest BCUT2D eigenvalue weighted by Gasteiger charge is 2.19. The van der Waals surface area contributed by atoms with Gasteiger partial charge in [-0.15, -0.1) is 0 Å². The summed E-state index contributed by atoms with van der Waals surface area (Å²) in [5.41, 5.74) is 0. The zero-order chi connectivity index (χ0) is 16.6. The minimum absolute atomic E-state index is 1.31. The topological polar surface area (TPSA) is 57.5 Å². The molecule has 0 aliphatic heterocycles. The van der Waals surface area contributed by atoms with E-state index in [1.807, 2.05) is 0 Å². The van der Waals surface area contributed by atoms with Gasteiger partial charge in [-0.3, -0.25) is 0 Å². The van der Waals surface area contributed by atoms with Gasteiger partial charge in [-0.25, -0.2) is 4.79 Å². The summed E-state index contributed by atoms with van der Waals surface area (Å²) in [6.45, 7) is 14.7. The van der Waals surface area contributed by atoms with E-state index in [9.17, 15) is 0 Å². The first-order valence-corrected chi connectivity index (χ1v) is 8.74. The summed E-state index contributed by atoms with van der Waals surface area (Å²) in [5, 5.41) is 13.9. The third-order valence-corrected chi connectivity index (χ3v) is 4.50. The standard InChI is InChI=1S/C16H36N.CH2O3/c1-5-9-10-11-12-13-14-15-16-17(6-2,7-3)8-4;2-1(3)4/h5-16H2,1-4H3;(H2,2,3,4)/q+1;. The molecule has 0 saturated heterocycles. The molecule has 0 heterocycles. The highest BCUT2D eigenvalue weighted by Crippen LogP contribution is 2.12. The normalized spacial score (nSPS) is 10.9. The van der Waals surface area contributed by atoms with E-state index in [1.165, 1.54) is 82.0 Å². The third kappa shape index (κ3) is 15.4. The van der Waals surface area contributed by atoms with Crippen LogP contribution < -0.4 is 0 Å². The van der Waals surface area contributed by atoms with E-state index in [0.717, 1.165) is 0 Å². The number of carbonyl (C=O) groups is 1. The molecular formula is C17H38NO3+. The smallest absolute Gasteiger partial charge is 0.450 e. The van der Waals surface area contributed by atoms with Gasteiger partial charge in [0.1, 0.15) is 0 Å². The van der Waals surface area contributed by atoms with Crippen molar-refractivity contribution in [1.82, 2.24) is 0 Å². The van der Waals surface area contributed by atoms with Crippen LogP contribution in [0.4, 0.5) is 4.79 Å². The molecule has 0 spiro atoms. The largest absolute Gasteiger partial charge is 0.503 e. The number of nitrogens with zero attached hydrogens (tertiary/aromatic N) is 1. The maximum absolute atomic E-state index is 8.56. The lowest BCUT2D eigenvalue weighted by molar-refractivity contribution is -0.923. The first-order chi connectivity index (χ1) is 9.97. The zero-order valence-electron chi connectivity index (χ0n) is 14.7. The monoisotopic (exact) mass is 304 g/mol. The Morgan fingerprint density at radius 1 is 0.714 bits per heavy atom. The van der Waals surface area contributed by atoms with Gasteiger partial charge in [0.2, 0.25) is 0 Å². The maximum atomic E-state index is 8.56. The van der Waals surface area contributed by atoms with Crippen LogP contribution in [0.1, 0.15) is 79.1 Å². The molecule has 21 heavy (non-hydrogen) atoms. The van der Waals surface area contributed by atoms with Crippen molar-refractivity contribution in [2.45, 2.75) is 79.1 Å². The zero-order valence-corrected chi connectivity index (χ0v) is 14.7. The average molecular weight is 304 g/mol. The molecule has 0 atom stereocenters. The Bertz CT molecular complexity index is 216. The van der Waals surface area contributed by atoms with E-state index in [0.29, 0.717) is 0 Å². The van der Waals surface area contributed by atoms with Crippen LogP contribution in [0.5, 0.6) is 0 Å². The molecule has 0 saturated carbocycles. The molecule has 0 bridgehead atoms. The van der Waals surface area contributed by atoms with E-state index < -0.39 is 6.16 Å². The lowest BCUT2D eigenvalue weighted by Gasteiger charge is -2.35. The van der Waals surface area contributed by atoms with Gasteiger partial charge in [0.15, 0.2) is 0 Å². The van der Waals surface area contributed by atoms with E-state index in [2.05, 4.69) is 27.7 Å². The molecule has 0 amide bonds. The van der Waals surface area contributed by atoms with Crippen LogP contribution in [0, 0.1) is 0 Å². The molecule has 0 rings (SSSR count). The van der Waals surface area contributed by atoms with Crippen LogP contribution in [-0.2, 0) is 0 Å². The SMILES string of the molecule is CCCCCCCCCC[N+](CC)(CC)CC.O=C(O)O. The summed E-state index contributed by atoms with van der Waals surface area (Å²) in [5.74, 6) is 0. The molecule has 4 nitrogen and oxygen atoms in total. The van der Waals surface area contributed by atoms with Gasteiger partial charge in [0.05, 0.1) is 26.2 Å². The van der Waals surface area contributed by atoms with Gasteiger partial charge in [-0.2, -0.15) is 0 Å². The van der Waals surface area contributed by atoms with Crippen molar-refractivity contribution in [3.05, 3.63) is 0 Å². The van der Waals surface area contributed by atoms with Crippen molar-refractivity contribution >= 4 is 6.16 Å². The molecule has 128 valence electrons. The summed E-state index contributed by atoms with van der Waals surface area (Å²) >= 11 is 0. The Labute approximate surface area is 131 Å². The number of quaternary nitrogens is 1. The molecule has 0 aromatic carbocycles. The number of unbranched alkanes of at least 4 members (excludes halogenated alkanes) is 7. The molecule has 0 aromatic rings. The molecule has 0 fully saturated rings. The Kier molecular flexibility index (Phi) is 16.7. The quantitative estimate of drug-likeness (QED) is 0.383. The van der Waals surface area contributed by atoms with Crippen molar-refractivity contribution in [1.29, 1.82) is 0 Å². The maximum Gasteiger partial charge on any atom is 0.503 e. The van der Waals surface area contributed by atoms with Crippen LogP contribution in [0.3, 0.4) is 0 Å². The highest BCUT2D eigenvalue weighted by molar-refractivity contribution is 5.53. The number of carboxylic acid groups (broad SMARTS) is 2. The van der Waals surface area contributed by atoms with Crippen LogP contribution in [0.2, 0.25) is 0 Å². The third-order valence-electron chi connectivity index (χ3n) is 4.50. The van der Waals surface area contributed by atoms with Crippen molar-refractivity contribution in [3.8, 4) is 0 Å². The number of hydrogen-bond donors (Lipinski definition) is 2. The molecule has 0 aromatic heterocycles. The van der Waals surface area contributed by atoms with Gasteiger partial charge < -0.3 is 14.7 Å². The second-order valence-corrected chi connectivity index (χ2v) is 5.77. The van der Waals surface area contributed by atoms with E-state index in [4.69, 9.17) is 15.0 Å². The van der Waals surface area contributed by atoms with Gasteiger partial charge in [-0.05, 0) is 33.6 Å². The van der Waals surface area contributed by atoms with E-state index in [-0.39, 0.29) is 0 Å². The van der Waals surface area contributed by atoms with Crippen LogP contribution in [-0.4, -0.2) is 47.0 Å². The van der Waals surface area contributed by atoms with Crippen LogP contribution in [0.15, 0.2) is 0 Å². The molecule has 0 radical (unpaired) electrons. The van der Waals surface area contributed by atoms with Crippen molar-refractivity contribution in [2.24, 2.45) is 0 Å². The fraction of sp³-hybridized carbons (Fsp3) is 0.941. The minimum atomic E-state index is -1.83. The fourth-order valence-electron chi connectivity index (χ4n) is 2.73. The first-order valence-electron chi connectivity index (χ1n) is 8.74. The summed E-state index contributed by atoms with van der Waals surface area (Å²) in [4.78, 5) is 8.56. The first kappa shape index (κ1) is 22.5. The van der Waals surface area contributed by atoms with Crippen molar-refractivity contribution in [3.63, 3.8) is 0 Å². The second kappa shape index (κ2) is 15.6. The number of hydrogen-bond acceptors (Lipinski definition) is 1. The number of rotatable bonds is 12. The molecule has 0 unspecified atom stereocenters. The van der Waals surface area contributed by atoms with Crippen molar-refractivity contribution < 1.29 is 19.5 Å². The molecule has 4 heteroatoms. The predicted octanol–water partition coefficient (Wildman–Crippen LogP) is 5.23. The molecule has 0 aliphatic rings. The summed E-state index contributed by atoms with van der Waals surface area (Å²) in [6, 6.07) is 0. The van der Waals surface area contributed by atoms with Crippen LogP contribution in [0.25, 0.3) is 0 Å². The van der Waals surface area contributed by atoms with E-state index >= 15 is 0 Å². The Morgan fingerprint density at radius 3 is 1.38 bits per heavy atom. The van der Waals surface area contributed by atoms with Crippen LogP contribution >= 0.6 is 0 Å². The Balaban J connectivity index is 0. The van der Waals surface area contributed by atoms with Gasteiger partial charge in [0, 0.05) is 0 Å². The Morgan fingerprint density at radius 2 is 1.05 bits per heavy atom. The average Bonchev–Trinajstić information content (AvgIpc) is 2.46. The highest BCUT2D eigenvalue weighted by atomic mass is 16.6. The van der Waals surface area contributed by atoms with Gasteiger partial charge in [-0.1, -0.05) is 45.4 Å². The second-order valence-electron chi connectivity index (χ2n) is 5.77.